The third-order valence-electron chi connectivity index (χ3n) is 5.76. The fourth-order valence-electron chi connectivity index (χ4n) is 4.22. The Bertz CT molecular complexity index is 1180. The number of carbonyl (C=O) groups excluding carboxylic acids is 1. The van der Waals surface area contributed by atoms with Crippen molar-refractivity contribution in [1.82, 2.24) is 24.7 Å². The number of hydrogen-bond acceptors (Lipinski definition) is 6. The number of hydrogen-bond donors (Lipinski definition) is 1. The highest BCUT2D eigenvalue weighted by atomic mass is 16.5. The van der Waals surface area contributed by atoms with Gasteiger partial charge in [0, 0.05) is 36.8 Å². The highest BCUT2D eigenvalue weighted by molar-refractivity contribution is 5.91. The molecule has 1 saturated carbocycles. The number of aromatic nitrogens is 5. The number of rotatable bonds is 6. The van der Waals surface area contributed by atoms with Crippen molar-refractivity contribution in [2.24, 2.45) is 0 Å². The highest BCUT2D eigenvalue weighted by Gasteiger charge is 2.22. The molecule has 1 aliphatic rings. The van der Waals surface area contributed by atoms with Crippen LogP contribution in [0.15, 0.2) is 53.3 Å². The summed E-state index contributed by atoms with van der Waals surface area (Å²) in [5, 5.41) is 7.01. The number of aryl methyl sites for hydroxylation is 1. The lowest BCUT2D eigenvalue weighted by Crippen LogP contribution is -2.20. The van der Waals surface area contributed by atoms with E-state index in [1.54, 1.807) is 12.4 Å². The number of nitrogens with one attached hydrogen (secondary N) is 1. The molecule has 0 radical (unpaired) electrons. The maximum atomic E-state index is 12.7. The summed E-state index contributed by atoms with van der Waals surface area (Å²) in [5.41, 5.74) is 2.81. The smallest absolute Gasteiger partial charge is 0.227 e. The molecule has 1 amide bonds. The van der Waals surface area contributed by atoms with Crippen LogP contribution >= 0.6 is 0 Å². The van der Waals surface area contributed by atoms with Crippen LogP contribution < -0.4 is 5.32 Å². The summed E-state index contributed by atoms with van der Waals surface area (Å²) in [6.07, 6.45) is 9.89. The quantitative estimate of drug-likeness (QED) is 0.495. The predicted octanol–water partition coefficient (Wildman–Crippen LogP) is 4.56. The Kier molecular flexibility index (Phi) is 5.43. The number of pyridine rings is 1. The van der Waals surface area contributed by atoms with Gasteiger partial charge in [-0.15, -0.1) is 0 Å². The van der Waals surface area contributed by atoms with Gasteiger partial charge in [0.15, 0.2) is 0 Å². The zero-order valence-corrected chi connectivity index (χ0v) is 17.2. The summed E-state index contributed by atoms with van der Waals surface area (Å²) in [7, 11) is 0. The average molecular weight is 416 g/mol. The highest BCUT2D eigenvalue weighted by Crippen LogP contribution is 2.34. The van der Waals surface area contributed by atoms with Gasteiger partial charge in [-0.25, -0.2) is 4.98 Å². The van der Waals surface area contributed by atoms with Gasteiger partial charge in [-0.1, -0.05) is 36.6 Å². The lowest BCUT2D eigenvalue weighted by atomic mass is 9.95. The van der Waals surface area contributed by atoms with Gasteiger partial charge < -0.3 is 9.09 Å². The molecular weight excluding hydrogens is 392 g/mol. The molecule has 0 spiro atoms. The fourth-order valence-corrected chi connectivity index (χ4v) is 4.22. The summed E-state index contributed by atoms with van der Waals surface area (Å²) in [5.74, 6) is 1.44. The first-order valence-corrected chi connectivity index (χ1v) is 10.8. The topological polar surface area (TPSA) is 98.7 Å². The van der Waals surface area contributed by atoms with E-state index in [2.05, 4.69) is 31.1 Å². The molecule has 8 nitrogen and oxygen atoms in total. The Morgan fingerprint density at radius 3 is 2.71 bits per heavy atom. The van der Waals surface area contributed by atoms with Crippen molar-refractivity contribution in [3.63, 3.8) is 0 Å². The van der Waals surface area contributed by atoms with Gasteiger partial charge in [-0.3, -0.25) is 15.1 Å². The minimum atomic E-state index is -0.115. The molecule has 158 valence electrons. The van der Waals surface area contributed by atoms with Gasteiger partial charge in [0.1, 0.15) is 0 Å². The van der Waals surface area contributed by atoms with Crippen LogP contribution in [0, 0.1) is 0 Å². The first-order valence-electron chi connectivity index (χ1n) is 10.8. The fraction of sp³-hybridized carbons (Fsp3) is 0.348. The molecule has 0 unspecified atom stereocenters. The Morgan fingerprint density at radius 1 is 1.06 bits per heavy atom. The molecular formula is C23H24N6O2. The molecule has 0 saturated heterocycles. The number of carbonyl (C=O) groups is 1. The Labute approximate surface area is 179 Å². The van der Waals surface area contributed by atoms with Crippen molar-refractivity contribution in [2.45, 2.75) is 51.0 Å². The lowest BCUT2D eigenvalue weighted by molar-refractivity contribution is -0.116. The van der Waals surface area contributed by atoms with Crippen LogP contribution in [0.2, 0.25) is 0 Å². The lowest BCUT2D eigenvalue weighted by Gasteiger charge is -2.25. The van der Waals surface area contributed by atoms with Crippen LogP contribution in [0.5, 0.6) is 0 Å². The zero-order chi connectivity index (χ0) is 21.0. The molecule has 0 aliphatic heterocycles. The second-order valence-electron chi connectivity index (χ2n) is 7.88. The standard InChI is InChI=1S/C23H24N6O2/c30-20(10-11-21-27-22(28-31-21)16-12-14-24-15-13-16)26-23-25-18-8-4-5-9-19(18)29(23)17-6-2-1-3-7-17/h4-5,8-9,12-15,17H,1-3,6-7,10-11H2,(H,25,26,30). The molecule has 1 fully saturated rings. The summed E-state index contributed by atoms with van der Waals surface area (Å²) in [4.78, 5) is 25.8. The van der Waals surface area contributed by atoms with Crippen molar-refractivity contribution in [1.29, 1.82) is 0 Å². The van der Waals surface area contributed by atoms with E-state index >= 15 is 0 Å². The van der Waals surface area contributed by atoms with E-state index in [4.69, 9.17) is 9.51 Å². The van der Waals surface area contributed by atoms with Crippen molar-refractivity contribution in [3.05, 3.63) is 54.7 Å². The van der Waals surface area contributed by atoms with E-state index in [1.807, 2.05) is 30.3 Å². The Balaban J connectivity index is 1.29. The van der Waals surface area contributed by atoms with E-state index in [1.165, 1.54) is 19.3 Å². The van der Waals surface area contributed by atoms with Crippen LogP contribution in [0.3, 0.4) is 0 Å². The largest absolute Gasteiger partial charge is 0.339 e. The first-order chi connectivity index (χ1) is 15.3. The summed E-state index contributed by atoms with van der Waals surface area (Å²) >= 11 is 0. The van der Waals surface area contributed by atoms with E-state index < -0.39 is 0 Å². The number of imidazole rings is 1. The number of nitrogens with zero attached hydrogens (tertiary/aromatic N) is 5. The molecule has 5 rings (SSSR count). The molecule has 1 aromatic carbocycles. The van der Waals surface area contributed by atoms with Crippen LogP contribution in [-0.2, 0) is 11.2 Å². The Hall–Kier alpha value is -3.55. The van der Waals surface area contributed by atoms with Crippen molar-refractivity contribution >= 4 is 22.9 Å². The molecule has 31 heavy (non-hydrogen) atoms. The van der Waals surface area contributed by atoms with E-state index in [-0.39, 0.29) is 12.3 Å². The van der Waals surface area contributed by atoms with E-state index in [0.29, 0.717) is 30.1 Å². The van der Waals surface area contributed by atoms with E-state index in [9.17, 15) is 4.79 Å². The number of fused-ring (bicyclic) bond motifs is 1. The summed E-state index contributed by atoms with van der Waals surface area (Å²) in [6.45, 7) is 0. The van der Waals surface area contributed by atoms with Gasteiger partial charge in [-0.05, 0) is 37.1 Å². The number of anilines is 1. The molecule has 1 N–H and O–H groups in total. The van der Waals surface area contributed by atoms with Gasteiger partial charge in [0.2, 0.25) is 23.6 Å². The first kappa shape index (κ1) is 19.4. The third kappa shape index (κ3) is 4.19. The second kappa shape index (κ2) is 8.67. The van der Waals surface area contributed by atoms with Crippen molar-refractivity contribution < 1.29 is 9.32 Å². The molecule has 0 bridgehead atoms. The summed E-state index contributed by atoms with van der Waals surface area (Å²) in [6, 6.07) is 12.1. The average Bonchev–Trinajstić information content (AvgIpc) is 3.43. The van der Waals surface area contributed by atoms with Crippen molar-refractivity contribution in [2.75, 3.05) is 5.32 Å². The van der Waals surface area contributed by atoms with Gasteiger partial charge in [0.25, 0.3) is 0 Å². The Morgan fingerprint density at radius 2 is 1.87 bits per heavy atom. The van der Waals surface area contributed by atoms with Gasteiger partial charge in [0.05, 0.1) is 11.0 Å². The maximum Gasteiger partial charge on any atom is 0.227 e. The molecule has 0 atom stereocenters. The predicted molar refractivity (Wildman–Crippen MR) is 116 cm³/mol. The van der Waals surface area contributed by atoms with Crippen LogP contribution in [0.25, 0.3) is 22.4 Å². The van der Waals surface area contributed by atoms with Crippen LogP contribution in [0.1, 0.15) is 50.5 Å². The molecule has 4 aromatic rings. The maximum absolute atomic E-state index is 12.7. The van der Waals surface area contributed by atoms with E-state index in [0.717, 1.165) is 29.4 Å². The van der Waals surface area contributed by atoms with Crippen LogP contribution in [-0.4, -0.2) is 30.6 Å². The monoisotopic (exact) mass is 416 g/mol. The number of benzene rings is 1. The molecule has 3 aromatic heterocycles. The normalized spacial score (nSPS) is 14.7. The second-order valence-corrected chi connectivity index (χ2v) is 7.88. The molecule has 3 heterocycles. The minimum Gasteiger partial charge on any atom is -0.339 e. The van der Waals surface area contributed by atoms with Crippen molar-refractivity contribution in [3.8, 4) is 11.4 Å². The third-order valence-corrected chi connectivity index (χ3v) is 5.76. The number of para-hydroxylation sites is 2. The summed E-state index contributed by atoms with van der Waals surface area (Å²) < 4.78 is 7.51. The zero-order valence-electron chi connectivity index (χ0n) is 17.2. The molecule has 1 aliphatic carbocycles. The SMILES string of the molecule is O=C(CCc1nc(-c2ccncc2)no1)Nc1nc2ccccc2n1C1CCCCC1. The molecule has 8 heteroatoms. The van der Waals surface area contributed by atoms with Gasteiger partial charge in [-0.2, -0.15) is 4.98 Å². The van der Waals surface area contributed by atoms with Gasteiger partial charge >= 0.3 is 0 Å². The van der Waals surface area contributed by atoms with Crippen LogP contribution in [0.4, 0.5) is 5.95 Å². The minimum absolute atomic E-state index is 0.115. The number of amides is 1.